The summed E-state index contributed by atoms with van der Waals surface area (Å²) >= 11 is 0. The Hall–Kier alpha value is -1.80. The molecule has 0 aliphatic heterocycles. The van der Waals surface area contributed by atoms with Gasteiger partial charge in [0.25, 0.3) is 0 Å². The first-order valence-electron chi connectivity index (χ1n) is 6.99. The van der Waals surface area contributed by atoms with Gasteiger partial charge in [0.15, 0.2) is 0 Å². The Morgan fingerprint density at radius 2 is 1.75 bits per heavy atom. The lowest BCUT2D eigenvalue weighted by Gasteiger charge is -2.16. The summed E-state index contributed by atoms with van der Waals surface area (Å²) < 4.78 is 5.31. The molecular weight excluding hydrogens is 248 g/mol. The number of hydrogen-bond acceptors (Lipinski definition) is 2. The molecule has 0 radical (unpaired) electrons. The molecule has 2 aromatic carbocycles. The topological polar surface area (TPSA) is 29.5 Å². The van der Waals surface area contributed by atoms with E-state index in [1.54, 1.807) is 7.11 Å². The second kappa shape index (κ2) is 6.58. The van der Waals surface area contributed by atoms with Crippen LogP contribution in [0.2, 0.25) is 0 Å². The van der Waals surface area contributed by atoms with Crippen LogP contribution in [0.1, 0.15) is 34.8 Å². The van der Waals surface area contributed by atoms with E-state index in [4.69, 9.17) is 4.74 Å². The summed E-state index contributed by atoms with van der Waals surface area (Å²) in [5, 5.41) is 10.4. The van der Waals surface area contributed by atoms with E-state index >= 15 is 0 Å². The maximum Gasteiger partial charge on any atom is 0.122 e. The molecule has 0 saturated heterocycles. The van der Waals surface area contributed by atoms with Crippen LogP contribution in [0.4, 0.5) is 0 Å². The molecule has 0 aliphatic rings. The van der Waals surface area contributed by atoms with E-state index in [0.717, 1.165) is 35.3 Å². The van der Waals surface area contributed by atoms with Crippen molar-refractivity contribution in [3.63, 3.8) is 0 Å². The van der Waals surface area contributed by atoms with Gasteiger partial charge in [0.1, 0.15) is 5.75 Å². The van der Waals surface area contributed by atoms with Crippen LogP contribution in [-0.4, -0.2) is 12.2 Å². The summed E-state index contributed by atoms with van der Waals surface area (Å²) in [6.07, 6.45) is 1.18. The Labute approximate surface area is 121 Å². The fourth-order valence-electron chi connectivity index (χ4n) is 2.49. The predicted molar refractivity (Wildman–Crippen MR) is 82.2 cm³/mol. The van der Waals surface area contributed by atoms with Gasteiger partial charge in [-0.3, -0.25) is 0 Å². The summed E-state index contributed by atoms with van der Waals surface area (Å²) in [7, 11) is 1.67. The van der Waals surface area contributed by atoms with Crippen molar-refractivity contribution in [3.05, 3.63) is 64.7 Å². The second-order valence-corrected chi connectivity index (χ2v) is 5.22. The van der Waals surface area contributed by atoms with Gasteiger partial charge in [0.2, 0.25) is 0 Å². The van der Waals surface area contributed by atoms with E-state index in [1.807, 2.05) is 44.2 Å². The summed E-state index contributed by atoms with van der Waals surface area (Å²) in [6, 6.07) is 14.3. The van der Waals surface area contributed by atoms with Crippen molar-refractivity contribution in [3.8, 4) is 5.75 Å². The van der Waals surface area contributed by atoms with Gasteiger partial charge in [-0.15, -0.1) is 0 Å². The SMILES string of the molecule is COc1cc(C)c(C(O)CCc2ccccc2)cc1C. The Morgan fingerprint density at radius 3 is 2.40 bits per heavy atom. The standard InChI is InChI=1S/C18H22O2/c1-13-12-18(20-3)14(2)11-16(13)17(19)10-9-15-7-5-4-6-8-15/h4-8,11-12,17,19H,9-10H2,1-3H3. The number of methoxy groups -OCH3 is 1. The van der Waals surface area contributed by atoms with Crippen molar-refractivity contribution < 1.29 is 9.84 Å². The van der Waals surface area contributed by atoms with Gasteiger partial charge in [-0.05, 0) is 61.1 Å². The van der Waals surface area contributed by atoms with E-state index in [-0.39, 0.29) is 0 Å². The van der Waals surface area contributed by atoms with E-state index < -0.39 is 6.10 Å². The summed E-state index contributed by atoms with van der Waals surface area (Å²) in [4.78, 5) is 0. The molecule has 106 valence electrons. The number of rotatable bonds is 5. The maximum atomic E-state index is 10.4. The van der Waals surface area contributed by atoms with Crippen molar-refractivity contribution in [1.29, 1.82) is 0 Å². The van der Waals surface area contributed by atoms with Crippen molar-refractivity contribution in [2.75, 3.05) is 7.11 Å². The van der Waals surface area contributed by atoms with Crippen LogP contribution in [0.5, 0.6) is 5.75 Å². The van der Waals surface area contributed by atoms with Crippen LogP contribution in [0.3, 0.4) is 0 Å². The first kappa shape index (κ1) is 14.6. The third-order valence-electron chi connectivity index (χ3n) is 3.69. The third kappa shape index (κ3) is 3.40. The molecule has 0 amide bonds. The lowest BCUT2D eigenvalue weighted by Crippen LogP contribution is -2.03. The summed E-state index contributed by atoms with van der Waals surface area (Å²) in [5.74, 6) is 0.876. The monoisotopic (exact) mass is 270 g/mol. The summed E-state index contributed by atoms with van der Waals surface area (Å²) in [6.45, 7) is 4.02. The minimum Gasteiger partial charge on any atom is -0.496 e. The van der Waals surface area contributed by atoms with Crippen molar-refractivity contribution in [1.82, 2.24) is 0 Å². The highest BCUT2D eigenvalue weighted by molar-refractivity contribution is 5.42. The van der Waals surface area contributed by atoms with Gasteiger partial charge in [-0.25, -0.2) is 0 Å². The zero-order valence-corrected chi connectivity index (χ0v) is 12.4. The lowest BCUT2D eigenvalue weighted by molar-refractivity contribution is 0.167. The zero-order valence-electron chi connectivity index (χ0n) is 12.4. The molecule has 0 saturated carbocycles. The lowest BCUT2D eigenvalue weighted by atomic mass is 9.96. The Kier molecular flexibility index (Phi) is 4.80. The van der Waals surface area contributed by atoms with Crippen LogP contribution in [-0.2, 0) is 6.42 Å². The highest BCUT2D eigenvalue weighted by atomic mass is 16.5. The van der Waals surface area contributed by atoms with Crippen molar-refractivity contribution in [2.24, 2.45) is 0 Å². The first-order valence-corrected chi connectivity index (χ1v) is 6.99. The molecule has 0 spiro atoms. The third-order valence-corrected chi connectivity index (χ3v) is 3.69. The molecule has 0 bridgehead atoms. The van der Waals surface area contributed by atoms with Gasteiger partial charge in [0, 0.05) is 0 Å². The molecule has 0 aromatic heterocycles. The van der Waals surface area contributed by atoms with Gasteiger partial charge in [0.05, 0.1) is 13.2 Å². The molecule has 2 heteroatoms. The van der Waals surface area contributed by atoms with Crippen molar-refractivity contribution >= 4 is 0 Å². The minimum atomic E-state index is -0.431. The smallest absolute Gasteiger partial charge is 0.122 e. The highest BCUT2D eigenvalue weighted by Crippen LogP contribution is 2.28. The van der Waals surface area contributed by atoms with E-state index in [2.05, 4.69) is 12.1 Å². The zero-order chi connectivity index (χ0) is 14.5. The van der Waals surface area contributed by atoms with Crippen LogP contribution >= 0.6 is 0 Å². The average Bonchev–Trinajstić information content (AvgIpc) is 2.47. The molecular formula is C18H22O2. The molecule has 1 N–H and O–H groups in total. The molecule has 0 fully saturated rings. The number of aliphatic hydroxyl groups excluding tert-OH is 1. The second-order valence-electron chi connectivity index (χ2n) is 5.22. The van der Waals surface area contributed by atoms with Crippen LogP contribution < -0.4 is 4.74 Å². The molecule has 0 aliphatic carbocycles. The predicted octanol–water partition coefficient (Wildman–Crippen LogP) is 3.98. The molecule has 2 aromatic rings. The Balaban J connectivity index is 2.09. The van der Waals surface area contributed by atoms with Gasteiger partial charge >= 0.3 is 0 Å². The highest BCUT2D eigenvalue weighted by Gasteiger charge is 2.13. The molecule has 1 unspecified atom stereocenters. The molecule has 2 rings (SSSR count). The van der Waals surface area contributed by atoms with Gasteiger partial charge < -0.3 is 9.84 Å². The fraction of sp³-hybridized carbons (Fsp3) is 0.333. The van der Waals surface area contributed by atoms with E-state index in [1.165, 1.54) is 5.56 Å². The van der Waals surface area contributed by atoms with Gasteiger partial charge in [-0.1, -0.05) is 30.3 Å². The van der Waals surface area contributed by atoms with Crippen LogP contribution in [0.25, 0.3) is 0 Å². The Morgan fingerprint density at radius 1 is 1.05 bits per heavy atom. The molecule has 1 atom stereocenters. The Bertz CT molecular complexity index is 561. The molecule has 2 nitrogen and oxygen atoms in total. The van der Waals surface area contributed by atoms with E-state index in [0.29, 0.717) is 0 Å². The van der Waals surface area contributed by atoms with E-state index in [9.17, 15) is 5.11 Å². The fourth-order valence-corrected chi connectivity index (χ4v) is 2.49. The molecule has 0 heterocycles. The number of hydrogen-bond donors (Lipinski definition) is 1. The van der Waals surface area contributed by atoms with Crippen LogP contribution in [0, 0.1) is 13.8 Å². The summed E-state index contributed by atoms with van der Waals surface area (Å²) in [5.41, 5.74) is 4.40. The number of ether oxygens (including phenoxy) is 1. The molecule has 20 heavy (non-hydrogen) atoms. The first-order chi connectivity index (χ1) is 9.61. The minimum absolute atomic E-state index is 0.431. The van der Waals surface area contributed by atoms with Crippen molar-refractivity contribution in [2.45, 2.75) is 32.8 Å². The van der Waals surface area contributed by atoms with Crippen LogP contribution in [0.15, 0.2) is 42.5 Å². The largest absolute Gasteiger partial charge is 0.496 e. The average molecular weight is 270 g/mol. The number of benzene rings is 2. The number of aliphatic hydroxyl groups is 1. The quantitative estimate of drug-likeness (QED) is 0.890. The van der Waals surface area contributed by atoms with Gasteiger partial charge in [-0.2, -0.15) is 0 Å². The number of aryl methyl sites for hydroxylation is 3. The normalized spacial score (nSPS) is 12.2. The maximum absolute atomic E-state index is 10.4.